The molecule has 23 heavy (non-hydrogen) atoms. The first-order chi connectivity index (χ1) is 10.7. The van der Waals surface area contributed by atoms with Crippen molar-refractivity contribution in [1.29, 1.82) is 0 Å². The molecule has 0 radical (unpaired) electrons. The molecular formula is C17H27N3O3. The third-order valence-corrected chi connectivity index (χ3v) is 4.44. The topological polar surface area (TPSA) is 65.8 Å². The molecular weight excluding hydrogens is 294 g/mol. The molecule has 1 aromatic rings. The Bertz CT molecular complexity index is 610. The molecule has 1 amide bonds. The normalized spacial score (nSPS) is 18.0. The molecule has 0 saturated carbocycles. The number of nitrogens with zero attached hydrogens (tertiary/aromatic N) is 3. The third kappa shape index (κ3) is 4.42. The van der Waals surface area contributed by atoms with Crippen molar-refractivity contribution in [1.82, 2.24) is 14.4 Å². The van der Waals surface area contributed by atoms with E-state index >= 15 is 0 Å². The zero-order chi connectivity index (χ0) is 17.2. The van der Waals surface area contributed by atoms with Crippen molar-refractivity contribution in [3.8, 4) is 0 Å². The zero-order valence-corrected chi connectivity index (χ0v) is 14.5. The second-order valence-corrected chi connectivity index (χ2v) is 7.34. The molecule has 1 saturated heterocycles. The van der Waals surface area contributed by atoms with Crippen LogP contribution in [-0.4, -0.2) is 64.2 Å². The predicted octanol–water partition coefficient (Wildman–Crippen LogP) is 0.550. The number of aromatic nitrogens is 1. The molecule has 2 heterocycles. The van der Waals surface area contributed by atoms with Crippen LogP contribution < -0.4 is 5.56 Å². The van der Waals surface area contributed by atoms with Crippen LogP contribution in [0.5, 0.6) is 0 Å². The van der Waals surface area contributed by atoms with Crippen LogP contribution in [0.25, 0.3) is 0 Å². The van der Waals surface area contributed by atoms with E-state index in [9.17, 15) is 14.7 Å². The number of carbonyl (C=O) groups is 1. The van der Waals surface area contributed by atoms with Gasteiger partial charge in [-0.05, 0) is 11.5 Å². The summed E-state index contributed by atoms with van der Waals surface area (Å²) < 4.78 is 1.45. The van der Waals surface area contributed by atoms with E-state index < -0.39 is 0 Å². The number of aryl methyl sites for hydroxylation is 1. The number of β-amino-alcohol motifs (C(OH)–C–C–N with tert-alkyl or cyclic N) is 1. The molecule has 1 aliphatic heterocycles. The molecule has 0 aliphatic carbocycles. The molecule has 1 aromatic heterocycles. The van der Waals surface area contributed by atoms with Gasteiger partial charge in [-0.15, -0.1) is 0 Å². The third-order valence-electron chi connectivity index (χ3n) is 4.44. The Labute approximate surface area is 137 Å². The van der Waals surface area contributed by atoms with Gasteiger partial charge in [0.1, 0.15) is 0 Å². The lowest BCUT2D eigenvalue weighted by atomic mass is 9.89. The van der Waals surface area contributed by atoms with Gasteiger partial charge in [0.25, 0.3) is 11.5 Å². The molecule has 6 heteroatoms. The molecule has 1 aliphatic rings. The summed E-state index contributed by atoms with van der Waals surface area (Å²) in [6.45, 7) is 9.40. The fourth-order valence-corrected chi connectivity index (χ4v) is 2.52. The molecule has 0 aromatic carbocycles. The number of piperazine rings is 1. The Hall–Kier alpha value is -1.66. The maximum atomic E-state index is 12.5. The van der Waals surface area contributed by atoms with Gasteiger partial charge in [0, 0.05) is 57.6 Å². The van der Waals surface area contributed by atoms with Gasteiger partial charge in [0.05, 0.1) is 6.10 Å². The summed E-state index contributed by atoms with van der Waals surface area (Å²) in [5.41, 5.74) is 0.121. The van der Waals surface area contributed by atoms with Crippen molar-refractivity contribution in [3.05, 3.63) is 34.2 Å². The smallest absolute Gasteiger partial charge is 0.254 e. The van der Waals surface area contributed by atoms with Crippen LogP contribution in [-0.2, 0) is 7.05 Å². The maximum Gasteiger partial charge on any atom is 0.254 e. The van der Waals surface area contributed by atoms with Gasteiger partial charge in [-0.1, -0.05) is 20.8 Å². The summed E-state index contributed by atoms with van der Waals surface area (Å²) in [5.74, 6) is -0.0984. The lowest BCUT2D eigenvalue weighted by Gasteiger charge is -2.38. The fraction of sp³-hybridized carbons (Fsp3) is 0.647. The molecule has 0 spiro atoms. The van der Waals surface area contributed by atoms with Crippen LogP contribution in [0.2, 0.25) is 0 Å². The van der Waals surface area contributed by atoms with E-state index in [0.29, 0.717) is 25.2 Å². The highest BCUT2D eigenvalue weighted by atomic mass is 16.3. The SMILES string of the molecule is Cn1ccc(C(=O)N2CCN(CC(O)C(C)(C)C)CC2)cc1=O. The first-order valence-electron chi connectivity index (χ1n) is 8.05. The van der Waals surface area contributed by atoms with E-state index in [0.717, 1.165) is 13.1 Å². The second kappa shape index (κ2) is 6.84. The van der Waals surface area contributed by atoms with E-state index in [4.69, 9.17) is 0 Å². The van der Waals surface area contributed by atoms with Gasteiger partial charge in [-0.2, -0.15) is 0 Å². The van der Waals surface area contributed by atoms with Crippen LogP contribution in [0.1, 0.15) is 31.1 Å². The second-order valence-electron chi connectivity index (χ2n) is 7.34. The lowest BCUT2D eigenvalue weighted by molar-refractivity contribution is 0.0137. The Kier molecular flexibility index (Phi) is 5.26. The molecule has 1 atom stereocenters. The summed E-state index contributed by atoms with van der Waals surface area (Å²) in [5, 5.41) is 10.2. The summed E-state index contributed by atoms with van der Waals surface area (Å²) in [7, 11) is 1.66. The quantitative estimate of drug-likeness (QED) is 0.883. The monoisotopic (exact) mass is 321 g/mol. The van der Waals surface area contributed by atoms with Crippen LogP contribution in [0.15, 0.2) is 23.1 Å². The average molecular weight is 321 g/mol. The number of pyridine rings is 1. The number of amides is 1. The van der Waals surface area contributed by atoms with Gasteiger partial charge in [-0.25, -0.2) is 0 Å². The van der Waals surface area contributed by atoms with Gasteiger partial charge >= 0.3 is 0 Å². The van der Waals surface area contributed by atoms with Gasteiger partial charge in [-0.3, -0.25) is 14.5 Å². The Morgan fingerprint density at radius 2 is 1.87 bits per heavy atom. The minimum atomic E-state index is -0.387. The largest absolute Gasteiger partial charge is 0.391 e. The van der Waals surface area contributed by atoms with Crippen LogP contribution in [0, 0.1) is 5.41 Å². The summed E-state index contributed by atoms with van der Waals surface area (Å²) in [4.78, 5) is 28.1. The van der Waals surface area contributed by atoms with Crippen molar-refractivity contribution >= 4 is 5.91 Å². The van der Waals surface area contributed by atoms with Crippen molar-refractivity contribution in [2.45, 2.75) is 26.9 Å². The maximum absolute atomic E-state index is 12.5. The first kappa shape index (κ1) is 17.7. The van der Waals surface area contributed by atoms with Crippen LogP contribution >= 0.6 is 0 Å². The molecule has 1 fully saturated rings. The van der Waals surface area contributed by atoms with E-state index in [1.807, 2.05) is 20.8 Å². The molecule has 1 unspecified atom stereocenters. The van der Waals surface area contributed by atoms with E-state index in [1.54, 1.807) is 24.2 Å². The summed E-state index contributed by atoms with van der Waals surface area (Å²) in [6, 6.07) is 3.07. The van der Waals surface area contributed by atoms with Crippen molar-refractivity contribution < 1.29 is 9.90 Å². The molecule has 128 valence electrons. The van der Waals surface area contributed by atoms with Crippen LogP contribution in [0.3, 0.4) is 0 Å². The van der Waals surface area contributed by atoms with Gasteiger partial charge in [0.15, 0.2) is 0 Å². The van der Waals surface area contributed by atoms with E-state index in [-0.39, 0.29) is 23.0 Å². The zero-order valence-electron chi connectivity index (χ0n) is 14.5. The van der Waals surface area contributed by atoms with Crippen molar-refractivity contribution in [2.24, 2.45) is 12.5 Å². The molecule has 0 bridgehead atoms. The number of hydrogen-bond donors (Lipinski definition) is 1. The number of hydrogen-bond acceptors (Lipinski definition) is 4. The lowest BCUT2D eigenvalue weighted by Crippen LogP contribution is -2.51. The summed E-state index contributed by atoms with van der Waals surface area (Å²) >= 11 is 0. The minimum Gasteiger partial charge on any atom is -0.391 e. The highest BCUT2D eigenvalue weighted by molar-refractivity contribution is 5.94. The number of carbonyl (C=O) groups excluding carboxylic acids is 1. The molecule has 2 rings (SSSR count). The Morgan fingerprint density at radius 3 is 2.39 bits per heavy atom. The molecule has 6 nitrogen and oxygen atoms in total. The predicted molar refractivity (Wildman–Crippen MR) is 89.5 cm³/mol. The van der Waals surface area contributed by atoms with E-state index in [2.05, 4.69) is 4.90 Å². The van der Waals surface area contributed by atoms with Gasteiger partial charge in [0.2, 0.25) is 0 Å². The van der Waals surface area contributed by atoms with Crippen LogP contribution in [0.4, 0.5) is 0 Å². The average Bonchev–Trinajstić information content (AvgIpc) is 2.49. The first-order valence-corrected chi connectivity index (χ1v) is 8.05. The number of aliphatic hydroxyl groups is 1. The standard InChI is InChI=1S/C17H27N3O3/c1-17(2,3)14(21)12-19-7-9-20(10-8-19)16(23)13-5-6-18(4)15(22)11-13/h5-6,11,14,21H,7-10,12H2,1-4H3. The fourth-order valence-electron chi connectivity index (χ4n) is 2.52. The number of rotatable bonds is 3. The van der Waals surface area contributed by atoms with E-state index in [1.165, 1.54) is 10.6 Å². The van der Waals surface area contributed by atoms with Gasteiger partial charge < -0.3 is 14.6 Å². The number of aliphatic hydroxyl groups excluding tert-OH is 1. The highest BCUT2D eigenvalue weighted by Gasteiger charge is 2.27. The highest BCUT2D eigenvalue weighted by Crippen LogP contribution is 2.20. The Morgan fingerprint density at radius 1 is 1.26 bits per heavy atom. The van der Waals surface area contributed by atoms with Crippen molar-refractivity contribution in [3.63, 3.8) is 0 Å². The molecule has 1 N–H and O–H groups in total. The Balaban J connectivity index is 1.92. The van der Waals surface area contributed by atoms with Crippen molar-refractivity contribution in [2.75, 3.05) is 32.7 Å². The minimum absolute atomic E-state index is 0.0984. The summed E-state index contributed by atoms with van der Waals surface area (Å²) in [6.07, 6.45) is 1.23.